The summed E-state index contributed by atoms with van der Waals surface area (Å²) in [6.45, 7) is 1.32. The van der Waals surface area contributed by atoms with E-state index in [1.807, 2.05) is 0 Å². The second-order valence-electron chi connectivity index (χ2n) is 5.55. The van der Waals surface area contributed by atoms with Gasteiger partial charge in [0.1, 0.15) is 0 Å². The molecule has 0 atom stereocenters. The molecule has 0 heterocycles. The molecule has 0 saturated heterocycles. The summed E-state index contributed by atoms with van der Waals surface area (Å²) >= 11 is 0. The Kier molecular flexibility index (Phi) is 5.17. The Labute approximate surface area is 139 Å². The number of carbonyl (C=O) groups excluding carboxylic acids is 1. The Hall–Kier alpha value is -1.56. The van der Waals surface area contributed by atoms with Crippen LogP contribution in [-0.4, -0.2) is 47.9 Å². The van der Waals surface area contributed by atoms with Crippen LogP contribution in [0.15, 0.2) is 11.6 Å². The van der Waals surface area contributed by atoms with Gasteiger partial charge in [-0.1, -0.05) is 6.92 Å². The zero-order chi connectivity index (χ0) is 21.0. The molecule has 0 unspecified atom stereocenters. The maximum atomic E-state index is 14.3. The number of ether oxygens (including phenoxy) is 1. The topological polar surface area (TPSA) is 26.3 Å². The molecule has 13 heteroatoms. The van der Waals surface area contributed by atoms with E-state index in [2.05, 4.69) is 4.74 Å². The lowest BCUT2D eigenvalue weighted by atomic mass is 9.71. The van der Waals surface area contributed by atoms with Gasteiger partial charge in [0.05, 0.1) is 6.61 Å². The monoisotopic (exact) mass is 408 g/mol. The van der Waals surface area contributed by atoms with E-state index in [0.29, 0.717) is 6.92 Å². The molecule has 1 aliphatic rings. The molecule has 0 spiro atoms. The molecule has 0 aromatic rings. The van der Waals surface area contributed by atoms with E-state index in [0.717, 1.165) is 0 Å². The first-order chi connectivity index (χ1) is 11.4. The minimum Gasteiger partial charge on any atom is -0.462 e. The van der Waals surface area contributed by atoms with E-state index in [1.54, 1.807) is 0 Å². The molecule has 0 amide bonds. The molecule has 0 aromatic heterocycles. The molecule has 1 aliphatic carbocycles. The van der Waals surface area contributed by atoms with Crippen molar-refractivity contribution in [3.05, 3.63) is 11.6 Å². The molecular formula is C13H11F11O2. The fourth-order valence-corrected chi connectivity index (χ4v) is 2.09. The van der Waals surface area contributed by atoms with Crippen LogP contribution in [0, 0.1) is 0 Å². The normalized spacial score (nSPS) is 27.7. The highest BCUT2D eigenvalue weighted by Gasteiger charge is 3.00. The van der Waals surface area contributed by atoms with Gasteiger partial charge in [0.25, 0.3) is 5.67 Å². The van der Waals surface area contributed by atoms with E-state index < -0.39 is 59.5 Å². The van der Waals surface area contributed by atoms with Gasteiger partial charge in [0, 0.05) is 5.57 Å². The highest BCUT2D eigenvalue weighted by atomic mass is 19.4. The Morgan fingerprint density at radius 3 is 1.46 bits per heavy atom. The molecule has 0 radical (unpaired) electrons. The predicted molar refractivity (Wildman–Crippen MR) is 63.6 cm³/mol. The number of esters is 1. The van der Waals surface area contributed by atoms with E-state index >= 15 is 0 Å². The fraction of sp³-hybridized carbons (Fsp3) is 0.769. The second kappa shape index (κ2) is 5.98. The van der Waals surface area contributed by atoms with Gasteiger partial charge in [0.2, 0.25) is 0 Å². The van der Waals surface area contributed by atoms with Gasteiger partial charge in [-0.15, -0.1) is 0 Å². The van der Waals surface area contributed by atoms with Crippen LogP contribution in [0.5, 0.6) is 0 Å². The number of carbonyl (C=O) groups is 1. The van der Waals surface area contributed by atoms with Crippen molar-refractivity contribution in [3.8, 4) is 0 Å². The summed E-state index contributed by atoms with van der Waals surface area (Å²) in [5.74, 6) is -37.5. The summed E-state index contributed by atoms with van der Waals surface area (Å²) in [6, 6.07) is 0. The van der Waals surface area contributed by atoms with Gasteiger partial charge < -0.3 is 4.74 Å². The highest BCUT2D eigenvalue weighted by molar-refractivity contribution is 5.88. The number of halogens is 11. The largest absolute Gasteiger partial charge is 0.462 e. The lowest BCUT2D eigenvalue weighted by Crippen LogP contribution is -2.83. The SMILES string of the molecule is CCCOC(=O)C(C)=CC1(F)C(F)(F)C(F)(F)C(F)(F)C(F)(F)C1(F)F. The van der Waals surface area contributed by atoms with Gasteiger partial charge in [-0.05, 0) is 19.4 Å². The van der Waals surface area contributed by atoms with Crippen molar-refractivity contribution < 1.29 is 57.8 Å². The average molecular weight is 408 g/mol. The van der Waals surface area contributed by atoms with Crippen LogP contribution in [0.2, 0.25) is 0 Å². The maximum Gasteiger partial charge on any atom is 0.384 e. The van der Waals surface area contributed by atoms with Crippen LogP contribution in [0.25, 0.3) is 0 Å². The van der Waals surface area contributed by atoms with Crippen LogP contribution in [0.3, 0.4) is 0 Å². The van der Waals surface area contributed by atoms with Crippen molar-refractivity contribution in [1.29, 1.82) is 0 Å². The fourth-order valence-electron chi connectivity index (χ4n) is 2.09. The first-order valence-corrected chi connectivity index (χ1v) is 6.81. The third-order valence-corrected chi connectivity index (χ3v) is 3.67. The smallest absolute Gasteiger partial charge is 0.384 e. The Morgan fingerprint density at radius 1 is 0.769 bits per heavy atom. The summed E-state index contributed by atoms with van der Waals surface area (Å²) in [6.07, 6.45) is -1.11. The molecule has 1 rings (SSSR count). The maximum absolute atomic E-state index is 14.3. The molecule has 0 aromatic carbocycles. The molecule has 1 saturated carbocycles. The number of alkyl halides is 11. The first kappa shape index (κ1) is 22.5. The zero-order valence-electron chi connectivity index (χ0n) is 13.0. The minimum absolute atomic E-state index is 0.120. The van der Waals surface area contributed by atoms with Crippen LogP contribution in [0.4, 0.5) is 48.3 Å². The Bertz CT molecular complexity index is 579. The standard InChI is InChI=1S/C13H11F11O2/c1-3-4-26-7(25)6(2)5-8(14)9(15,16)11(19,20)13(23,24)12(21,22)10(8,17)18/h5H,3-4H2,1-2H3. The Balaban J connectivity index is 3.69. The van der Waals surface area contributed by atoms with E-state index in [9.17, 15) is 53.1 Å². The third kappa shape index (κ3) is 2.41. The molecule has 152 valence electrons. The van der Waals surface area contributed by atoms with Crippen molar-refractivity contribution >= 4 is 5.97 Å². The molecule has 1 fully saturated rings. The van der Waals surface area contributed by atoms with Crippen molar-refractivity contribution in [3.63, 3.8) is 0 Å². The summed E-state index contributed by atoms with van der Waals surface area (Å²) in [4.78, 5) is 11.3. The zero-order valence-corrected chi connectivity index (χ0v) is 13.0. The van der Waals surface area contributed by atoms with Crippen molar-refractivity contribution in [2.45, 2.75) is 55.5 Å². The molecular weight excluding hydrogens is 397 g/mol. The highest BCUT2D eigenvalue weighted by Crippen LogP contribution is 2.69. The quantitative estimate of drug-likeness (QED) is 0.380. The van der Waals surface area contributed by atoms with Crippen LogP contribution in [0.1, 0.15) is 20.3 Å². The summed E-state index contributed by atoms with van der Waals surface area (Å²) in [7, 11) is 0. The van der Waals surface area contributed by atoms with E-state index in [4.69, 9.17) is 0 Å². The molecule has 2 nitrogen and oxygen atoms in total. The number of rotatable bonds is 4. The van der Waals surface area contributed by atoms with Crippen molar-refractivity contribution in [1.82, 2.24) is 0 Å². The summed E-state index contributed by atoms with van der Waals surface area (Å²) in [5.41, 5.74) is -7.83. The average Bonchev–Trinajstić information content (AvgIpc) is 2.50. The number of hydrogen-bond acceptors (Lipinski definition) is 2. The number of allylic oxidation sites excluding steroid dienone is 1. The van der Waals surface area contributed by atoms with Crippen LogP contribution in [-0.2, 0) is 9.53 Å². The lowest BCUT2D eigenvalue weighted by molar-refractivity contribution is -0.477. The first-order valence-electron chi connectivity index (χ1n) is 6.81. The van der Waals surface area contributed by atoms with Gasteiger partial charge in [0.15, 0.2) is 0 Å². The molecule has 0 bridgehead atoms. The predicted octanol–water partition coefficient (Wildman–Crippen LogP) is 4.78. The van der Waals surface area contributed by atoms with Crippen LogP contribution >= 0.6 is 0 Å². The summed E-state index contributed by atoms with van der Waals surface area (Å²) < 4.78 is 152. The van der Waals surface area contributed by atoms with Gasteiger partial charge >= 0.3 is 35.6 Å². The van der Waals surface area contributed by atoms with Gasteiger partial charge in [-0.3, -0.25) is 0 Å². The van der Waals surface area contributed by atoms with E-state index in [-0.39, 0.29) is 6.42 Å². The van der Waals surface area contributed by atoms with E-state index in [1.165, 1.54) is 6.92 Å². The molecule has 0 aliphatic heterocycles. The lowest BCUT2D eigenvalue weighted by Gasteiger charge is -2.51. The van der Waals surface area contributed by atoms with Crippen LogP contribution < -0.4 is 0 Å². The van der Waals surface area contributed by atoms with Crippen molar-refractivity contribution in [2.24, 2.45) is 0 Å². The molecule has 26 heavy (non-hydrogen) atoms. The molecule has 0 N–H and O–H groups in total. The van der Waals surface area contributed by atoms with Crippen molar-refractivity contribution in [2.75, 3.05) is 6.61 Å². The Morgan fingerprint density at radius 2 is 1.12 bits per heavy atom. The number of hydrogen-bond donors (Lipinski definition) is 0. The van der Waals surface area contributed by atoms with Gasteiger partial charge in [-0.2, -0.15) is 43.9 Å². The summed E-state index contributed by atoms with van der Waals surface area (Å²) in [5, 5.41) is 0. The minimum atomic E-state index is -7.28. The van der Waals surface area contributed by atoms with Gasteiger partial charge in [-0.25, -0.2) is 9.18 Å². The third-order valence-electron chi connectivity index (χ3n) is 3.67. The second-order valence-corrected chi connectivity index (χ2v) is 5.55.